The Morgan fingerprint density at radius 3 is 1.55 bits per heavy atom. The monoisotopic (exact) mass is 448 g/mol. The van der Waals surface area contributed by atoms with Gasteiger partial charge in [-0.2, -0.15) is 0 Å². The Bertz CT molecular complexity index is 931. The highest BCUT2D eigenvalue weighted by molar-refractivity contribution is 7.26. The number of carbonyl (C=O) groups is 2. The van der Waals surface area contributed by atoms with Gasteiger partial charge >= 0.3 is 11.9 Å². The van der Waals surface area contributed by atoms with Crippen LogP contribution in [0.4, 0.5) is 0 Å². The molecule has 0 aliphatic heterocycles. The van der Waals surface area contributed by atoms with E-state index in [4.69, 9.17) is 9.47 Å². The van der Waals surface area contributed by atoms with E-state index in [1.165, 1.54) is 54.2 Å². The highest BCUT2D eigenvalue weighted by Crippen LogP contribution is 2.43. The number of thiophene rings is 3. The first kappa shape index (κ1) is 21.7. The molecule has 0 aromatic carbocycles. The molecule has 29 heavy (non-hydrogen) atoms. The summed E-state index contributed by atoms with van der Waals surface area (Å²) in [4.78, 5) is 29.6. The van der Waals surface area contributed by atoms with Crippen LogP contribution in [0.2, 0.25) is 0 Å². The van der Waals surface area contributed by atoms with Gasteiger partial charge in [-0.3, -0.25) is 9.59 Å². The normalized spacial score (nSPS) is 10.9. The van der Waals surface area contributed by atoms with Crippen molar-refractivity contribution in [1.29, 1.82) is 0 Å². The van der Waals surface area contributed by atoms with Gasteiger partial charge in [-0.15, -0.1) is 34.0 Å². The van der Waals surface area contributed by atoms with Gasteiger partial charge < -0.3 is 9.47 Å². The molecular weight excluding hydrogens is 424 g/mol. The number of esters is 2. The SMILES string of the molecule is CC(=O)OCCc1cc(C)sc1-c1ccc(-c2sc(C)cc2CCOC(C)=O)s1. The molecule has 3 aromatic rings. The minimum Gasteiger partial charge on any atom is -0.466 e. The molecule has 7 heteroatoms. The zero-order valence-corrected chi connectivity index (χ0v) is 19.4. The van der Waals surface area contributed by atoms with Gasteiger partial charge in [0.2, 0.25) is 0 Å². The van der Waals surface area contributed by atoms with E-state index in [-0.39, 0.29) is 11.9 Å². The molecule has 0 N–H and O–H groups in total. The first-order valence-electron chi connectivity index (χ1n) is 9.39. The predicted octanol–water partition coefficient (Wildman–Crippen LogP) is 6.03. The summed E-state index contributed by atoms with van der Waals surface area (Å²) < 4.78 is 10.3. The molecular formula is C22H24O4S3. The van der Waals surface area contributed by atoms with Crippen LogP contribution in [0.25, 0.3) is 19.5 Å². The van der Waals surface area contributed by atoms with Crippen molar-refractivity contribution in [3.8, 4) is 19.5 Å². The third-order valence-electron chi connectivity index (χ3n) is 4.27. The molecule has 0 amide bonds. The second kappa shape index (κ2) is 9.69. The van der Waals surface area contributed by atoms with E-state index in [9.17, 15) is 9.59 Å². The zero-order chi connectivity index (χ0) is 21.0. The van der Waals surface area contributed by atoms with Crippen LogP contribution in [-0.2, 0) is 31.9 Å². The highest BCUT2D eigenvalue weighted by Gasteiger charge is 2.16. The number of aryl methyl sites for hydroxylation is 2. The van der Waals surface area contributed by atoms with Gasteiger partial charge in [0.15, 0.2) is 0 Å². The van der Waals surface area contributed by atoms with E-state index >= 15 is 0 Å². The average Bonchev–Trinajstić information content (AvgIpc) is 3.33. The summed E-state index contributed by atoms with van der Waals surface area (Å²) in [6.45, 7) is 7.89. The summed E-state index contributed by atoms with van der Waals surface area (Å²) in [6.07, 6.45) is 1.44. The Balaban J connectivity index is 1.81. The van der Waals surface area contributed by atoms with E-state index in [2.05, 4.69) is 38.1 Å². The molecule has 0 saturated carbocycles. The van der Waals surface area contributed by atoms with Crippen molar-refractivity contribution in [2.45, 2.75) is 40.5 Å². The number of carbonyl (C=O) groups excluding carboxylic acids is 2. The van der Waals surface area contributed by atoms with Crippen molar-refractivity contribution in [1.82, 2.24) is 0 Å². The molecule has 154 valence electrons. The van der Waals surface area contributed by atoms with E-state index in [0.29, 0.717) is 13.2 Å². The van der Waals surface area contributed by atoms with E-state index in [0.717, 1.165) is 12.8 Å². The molecule has 0 radical (unpaired) electrons. The number of hydrogen-bond acceptors (Lipinski definition) is 7. The van der Waals surface area contributed by atoms with Gasteiger partial charge in [-0.1, -0.05) is 0 Å². The fraction of sp³-hybridized carbons (Fsp3) is 0.364. The van der Waals surface area contributed by atoms with Gasteiger partial charge in [0.1, 0.15) is 0 Å². The number of ether oxygens (including phenoxy) is 2. The lowest BCUT2D eigenvalue weighted by molar-refractivity contribution is -0.141. The summed E-state index contributed by atoms with van der Waals surface area (Å²) in [7, 11) is 0. The maximum Gasteiger partial charge on any atom is 0.302 e. The van der Waals surface area contributed by atoms with E-state index in [1.807, 2.05) is 0 Å². The average molecular weight is 449 g/mol. The molecule has 0 aliphatic rings. The largest absolute Gasteiger partial charge is 0.466 e. The molecule has 0 atom stereocenters. The van der Waals surface area contributed by atoms with Crippen LogP contribution in [0.15, 0.2) is 24.3 Å². The predicted molar refractivity (Wildman–Crippen MR) is 121 cm³/mol. The molecule has 0 bridgehead atoms. The molecule has 3 heterocycles. The molecule has 0 aliphatic carbocycles. The maximum absolute atomic E-state index is 11.1. The lowest BCUT2D eigenvalue weighted by Gasteiger charge is -2.04. The lowest BCUT2D eigenvalue weighted by Crippen LogP contribution is -2.03. The van der Waals surface area contributed by atoms with Crippen molar-refractivity contribution in [2.24, 2.45) is 0 Å². The number of hydrogen-bond donors (Lipinski definition) is 0. The topological polar surface area (TPSA) is 52.6 Å². The third-order valence-corrected chi connectivity index (χ3v) is 7.90. The number of rotatable bonds is 8. The van der Waals surface area contributed by atoms with Gasteiger partial charge in [0, 0.05) is 56.0 Å². The minimum absolute atomic E-state index is 0.244. The summed E-state index contributed by atoms with van der Waals surface area (Å²) in [5.41, 5.74) is 2.44. The van der Waals surface area contributed by atoms with Crippen LogP contribution in [0.5, 0.6) is 0 Å². The van der Waals surface area contributed by atoms with E-state index in [1.54, 1.807) is 34.0 Å². The van der Waals surface area contributed by atoms with Crippen molar-refractivity contribution < 1.29 is 19.1 Å². The van der Waals surface area contributed by atoms with Crippen molar-refractivity contribution >= 4 is 45.9 Å². The van der Waals surface area contributed by atoms with Gasteiger partial charge in [-0.25, -0.2) is 0 Å². The third kappa shape index (κ3) is 5.78. The van der Waals surface area contributed by atoms with Crippen molar-refractivity contribution in [2.75, 3.05) is 13.2 Å². The molecule has 0 saturated heterocycles. The Morgan fingerprint density at radius 1 is 0.759 bits per heavy atom. The Morgan fingerprint density at radius 2 is 1.17 bits per heavy atom. The molecule has 4 nitrogen and oxygen atoms in total. The molecule has 3 rings (SSSR count). The highest BCUT2D eigenvalue weighted by atomic mass is 32.1. The van der Waals surface area contributed by atoms with Crippen LogP contribution in [0, 0.1) is 13.8 Å². The summed E-state index contributed by atoms with van der Waals surface area (Å²) in [5, 5.41) is 0. The Hall–Kier alpha value is -1.96. The summed E-state index contributed by atoms with van der Waals surface area (Å²) >= 11 is 5.33. The minimum atomic E-state index is -0.244. The maximum atomic E-state index is 11.1. The van der Waals surface area contributed by atoms with Crippen LogP contribution < -0.4 is 0 Å². The summed E-state index contributed by atoms with van der Waals surface area (Å²) in [6, 6.07) is 8.71. The molecule has 0 unspecified atom stereocenters. The van der Waals surface area contributed by atoms with Crippen molar-refractivity contribution in [3.63, 3.8) is 0 Å². The van der Waals surface area contributed by atoms with Gasteiger partial charge in [0.25, 0.3) is 0 Å². The molecule has 0 fully saturated rings. The molecule has 0 spiro atoms. The Labute approximate surface area is 183 Å². The second-order valence-electron chi connectivity index (χ2n) is 6.77. The van der Waals surface area contributed by atoms with Crippen LogP contribution in [0.3, 0.4) is 0 Å². The molecule has 3 aromatic heterocycles. The van der Waals surface area contributed by atoms with Crippen molar-refractivity contribution in [3.05, 3.63) is 45.1 Å². The lowest BCUT2D eigenvalue weighted by atomic mass is 10.1. The van der Waals surface area contributed by atoms with Gasteiger partial charge in [-0.05, 0) is 49.2 Å². The smallest absolute Gasteiger partial charge is 0.302 e. The quantitative estimate of drug-likeness (QED) is 0.395. The standard InChI is InChI=1S/C22H24O4S3/c1-13-11-17(7-9-25-15(3)23)21(27-13)19-5-6-20(29-19)22-18(12-14(2)28-22)8-10-26-16(4)24/h5-6,11-12H,7-10H2,1-4H3. The van der Waals surface area contributed by atoms with Crippen LogP contribution in [-0.4, -0.2) is 25.2 Å². The first-order valence-corrected chi connectivity index (χ1v) is 11.8. The van der Waals surface area contributed by atoms with E-state index < -0.39 is 0 Å². The van der Waals surface area contributed by atoms with Crippen LogP contribution in [0.1, 0.15) is 34.7 Å². The zero-order valence-electron chi connectivity index (χ0n) is 17.0. The first-order chi connectivity index (χ1) is 13.8. The fourth-order valence-electron chi connectivity index (χ4n) is 3.11. The summed E-state index contributed by atoms with van der Waals surface area (Å²) in [5.74, 6) is -0.488. The second-order valence-corrected chi connectivity index (χ2v) is 10.4. The van der Waals surface area contributed by atoms with Gasteiger partial charge in [0.05, 0.1) is 13.2 Å². The Kier molecular flexibility index (Phi) is 7.27. The van der Waals surface area contributed by atoms with Crippen LogP contribution >= 0.6 is 34.0 Å². The fourth-order valence-corrected chi connectivity index (χ4v) is 6.54.